The van der Waals surface area contributed by atoms with Gasteiger partial charge in [-0.1, -0.05) is 19.1 Å². The third kappa shape index (κ3) is 2.28. The van der Waals surface area contributed by atoms with Gasteiger partial charge in [0.15, 0.2) is 0 Å². The first-order valence-electron chi connectivity index (χ1n) is 5.96. The number of aryl methyl sites for hydroxylation is 1. The fourth-order valence-electron chi connectivity index (χ4n) is 2.01. The third-order valence-corrected chi connectivity index (χ3v) is 3.58. The zero-order valence-electron chi connectivity index (χ0n) is 10.2. The molecule has 1 aromatic carbocycles. The maximum atomic E-state index is 12.3. The highest BCUT2D eigenvalue weighted by Crippen LogP contribution is 2.19. The zero-order chi connectivity index (χ0) is 13.1. The van der Waals surface area contributed by atoms with Gasteiger partial charge in [-0.3, -0.25) is 9.89 Å². The smallest absolute Gasteiger partial charge is 0.274 e. The second-order valence-corrected chi connectivity index (χ2v) is 4.91. The van der Waals surface area contributed by atoms with Crippen LogP contribution in [-0.2, 0) is 12.8 Å². The SMILES string of the molecule is CCc1[nH]n(-c2ccccc2Br)c(=O)c1CCN. The first-order valence-corrected chi connectivity index (χ1v) is 6.76. The van der Waals surface area contributed by atoms with Gasteiger partial charge in [0.05, 0.1) is 5.69 Å². The van der Waals surface area contributed by atoms with Crippen molar-refractivity contribution in [3.8, 4) is 5.69 Å². The van der Waals surface area contributed by atoms with Crippen molar-refractivity contribution >= 4 is 15.9 Å². The van der Waals surface area contributed by atoms with Gasteiger partial charge in [0, 0.05) is 15.7 Å². The summed E-state index contributed by atoms with van der Waals surface area (Å²) >= 11 is 3.46. The van der Waals surface area contributed by atoms with E-state index in [1.807, 2.05) is 31.2 Å². The van der Waals surface area contributed by atoms with Crippen molar-refractivity contribution < 1.29 is 0 Å². The molecule has 0 atom stereocenters. The van der Waals surface area contributed by atoms with Crippen molar-refractivity contribution in [3.63, 3.8) is 0 Å². The summed E-state index contributed by atoms with van der Waals surface area (Å²) in [5.74, 6) is 0. The molecule has 96 valence electrons. The van der Waals surface area contributed by atoms with Crippen LogP contribution in [0.3, 0.4) is 0 Å². The summed E-state index contributed by atoms with van der Waals surface area (Å²) in [6.07, 6.45) is 1.40. The number of halogens is 1. The molecular weight excluding hydrogens is 294 g/mol. The van der Waals surface area contributed by atoms with Gasteiger partial charge in [0.1, 0.15) is 0 Å². The number of H-pyrrole nitrogens is 1. The summed E-state index contributed by atoms with van der Waals surface area (Å²) in [5.41, 5.74) is 8.12. The highest BCUT2D eigenvalue weighted by Gasteiger charge is 2.14. The first-order chi connectivity index (χ1) is 8.69. The summed E-state index contributed by atoms with van der Waals surface area (Å²) in [5, 5.41) is 3.16. The molecule has 0 aliphatic heterocycles. The van der Waals surface area contributed by atoms with Crippen molar-refractivity contribution in [3.05, 3.63) is 50.3 Å². The van der Waals surface area contributed by atoms with Crippen molar-refractivity contribution in [2.45, 2.75) is 19.8 Å². The van der Waals surface area contributed by atoms with Crippen molar-refractivity contribution in [1.29, 1.82) is 0 Å². The van der Waals surface area contributed by atoms with Gasteiger partial charge in [-0.25, -0.2) is 4.68 Å². The number of nitrogens with zero attached hydrogens (tertiary/aromatic N) is 1. The van der Waals surface area contributed by atoms with Gasteiger partial charge in [-0.15, -0.1) is 0 Å². The molecule has 0 amide bonds. The molecule has 0 bridgehead atoms. The molecule has 0 saturated heterocycles. The normalized spacial score (nSPS) is 10.8. The van der Waals surface area contributed by atoms with Crippen LogP contribution in [0, 0.1) is 0 Å². The summed E-state index contributed by atoms with van der Waals surface area (Å²) in [6, 6.07) is 7.63. The van der Waals surface area contributed by atoms with Gasteiger partial charge in [-0.2, -0.15) is 0 Å². The Morgan fingerprint density at radius 1 is 1.39 bits per heavy atom. The van der Waals surface area contributed by atoms with Crippen LogP contribution in [-0.4, -0.2) is 16.3 Å². The third-order valence-electron chi connectivity index (χ3n) is 2.91. The predicted molar refractivity (Wildman–Crippen MR) is 76.2 cm³/mol. The minimum absolute atomic E-state index is 0.01000. The van der Waals surface area contributed by atoms with Gasteiger partial charge in [0.2, 0.25) is 0 Å². The van der Waals surface area contributed by atoms with Crippen LogP contribution in [0.25, 0.3) is 5.69 Å². The van der Waals surface area contributed by atoms with Crippen LogP contribution in [0.1, 0.15) is 18.2 Å². The molecule has 0 aliphatic rings. The molecule has 4 nitrogen and oxygen atoms in total. The number of rotatable bonds is 4. The van der Waals surface area contributed by atoms with Crippen LogP contribution in [0.5, 0.6) is 0 Å². The Morgan fingerprint density at radius 2 is 2.11 bits per heavy atom. The Hall–Kier alpha value is -1.33. The van der Waals surface area contributed by atoms with Crippen molar-refractivity contribution in [2.24, 2.45) is 5.73 Å². The van der Waals surface area contributed by atoms with Gasteiger partial charge >= 0.3 is 0 Å². The highest BCUT2D eigenvalue weighted by atomic mass is 79.9. The van der Waals surface area contributed by atoms with E-state index in [-0.39, 0.29) is 5.56 Å². The van der Waals surface area contributed by atoms with E-state index in [4.69, 9.17) is 5.73 Å². The topological polar surface area (TPSA) is 63.8 Å². The number of aromatic amines is 1. The fraction of sp³-hybridized carbons (Fsp3) is 0.308. The number of para-hydroxylation sites is 1. The quantitative estimate of drug-likeness (QED) is 0.907. The van der Waals surface area contributed by atoms with Gasteiger partial charge in [-0.05, 0) is 47.4 Å². The molecule has 18 heavy (non-hydrogen) atoms. The highest BCUT2D eigenvalue weighted by molar-refractivity contribution is 9.10. The van der Waals surface area contributed by atoms with Gasteiger partial charge < -0.3 is 5.73 Å². The van der Waals surface area contributed by atoms with Crippen LogP contribution < -0.4 is 11.3 Å². The minimum Gasteiger partial charge on any atom is -0.330 e. The Balaban J connectivity index is 2.60. The molecule has 0 saturated carbocycles. The molecule has 3 N–H and O–H groups in total. The van der Waals surface area contributed by atoms with Crippen molar-refractivity contribution in [1.82, 2.24) is 9.78 Å². The summed E-state index contributed by atoms with van der Waals surface area (Å²) in [6.45, 7) is 2.51. The number of nitrogens with one attached hydrogen (secondary N) is 1. The van der Waals surface area contributed by atoms with E-state index in [2.05, 4.69) is 21.0 Å². The van der Waals surface area contributed by atoms with E-state index in [1.54, 1.807) is 4.68 Å². The molecule has 5 heteroatoms. The second kappa shape index (κ2) is 5.54. The van der Waals surface area contributed by atoms with Crippen LogP contribution in [0.2, 0.25) is 0 Å². The molecule has 1 aromatic heterocycles. The molecule has 2 aromatic rings. The lowest BCUT2D eigenvalue weighted by Crippen LogP contribution is -2.19. The number of hydrogen-bond acceptors (Lipinski definition) is 2. The van der Waals surface area contributed by atoms with E-state index in [1.165, 1.54) is 0 Å². The predicted octanol–water partition coefficient (Wildman–Crippen LogP) is 1.99. The molecule has 2 rings (SSSR count). The second-order valence-electron chi connectivity index (χ2n) is 4.05. The molecule has 1 heterocycles. The lowest BCUT2D eigenvalue weighted by Gasteiger charge is -2.03. The van der Waals surface area contributed by atoms with Crippen LogP contribution in [0.4, 0.5) is 0 Å². The number of nitrogens with two attached hydrogens (primary N) is 1. The monoisotopic (exact) mass is 309 g/mol. The lowest BCUT2D eigenvalue weighted by atomic mass is 10.1. The Labute approximate surface area is 114 Å². The van der Waals surface area contributed by atoms with E-state index >= 15 is 0 Å². The average molecular weight is 310 g/mol. The summed E-state index contributed by atoms with van der Waals surface area (Å²) in [7, 11) is 0. The number of aromatic nitrogens is 2. The average Bonchev–Trinajstić information content (AvgIpc) is 2.68. The largest absolute Gasteiger partial charge is 0.330 e. The molecule has 0 fully saturated rings. The Morgan fingerprint density at radius 3 is 2.72 bits per heavy atom. The lowest BCUT2D eigenvalue weighted by molar-refractivity contribution is 0.816. The van der Waals surface area contributed by atoms with E-state index in [9.17, 15) is 4.79 Å². The fourth-order valence-corrected chi connectivity index (χ4v) is 2.48. The molecule has 0 radical (unpaired) electrons. The molecule has 0 aliphatic carbocycles. The molecular formula is C13H16BrN3O. The molecule has 0 unspecified atom stereocenters. The maximum absolute atomic E-state index is 12.3. The standard InChI is InChI=1S/C13H16BrN3O/c1-2-11-9(7-8-15)13(18)17(16-11)12-6-4-3-5-10(12)14/h3-6,16H,2,7-8,15H2,1H3. The van der Waals surface area contributed by atoms with Gasteiger partial charge in [0.25, 0.3) is 5.56 Å². The summed E-state index contributed by atoms with van der Waals surface area (Å²) < 4.78 is 2.46. The maximum Gasteiger partial charge on any atom is 0.274 e. The number of benzene rings is 1. The van der Waals surface area contributed by atoms with E-state index in [0.717, 1.165) is 27.8 Å². The van der Waals surface area contributed by atoms with Crippen molar-refractivity contribution in [2.75, 3.05) is 6.54 Å². The number of hydrogen-bond donors (Lipinski definition) is 2. The Kier molecular flexibility index (Phi) is 4.04. The Bertz CT molecular complexity index is 601. The van der Waals surface area contributed by atoms with E-state index in [0.29, 0.717) is 13.0 Å². The van der Waals surface area contributed by atoms with Crippen LogP contribution >= 0.6 is 15.9 Å². The minimum atomic E-state index is -0.01000. The molecule has 0 spiro atoms. The van der Waals surface area contributed by atoms with Crippen LogP contribution in [0.15, 0.2) is 33.5 Å². The van der Waals surface area contributed by atoms with E-state index < -0.39 is 0 Å². The zero-order valence-corrected chi connectivity index (χ0v) is 11.8. The first kappa shape index (κ1) is 13.1. The summed E-state index contributed by atoms with van der Waals surface area (Å²) in [4.78, 5) is 12.3.